The van der Waals surface area contributed by atoms with Crippen molar-refractivity contribution >= 4 is 11.9 Å². The van der Waals surface area contributed by atoms with E-state index in [0.717, 1.165) is 40.8 Å². The molecule has 3 aromatic rings. The van der Waals surface area contributed by atoms with E-state index >= 15 is 0 Å². The van der Waals surface area contributed by atoms with E-state index in [2.05, 4.69) is 9.97 Å². The second-order valence-electron chi connectivity index (χ2n) is 8.67. The minimum absolute atomic E-state index is 0.0668. The molecule has 2 aromatic heterocycles. The molecule has 8 nitrogen and oxygen atoms in total. The van der Waals surface area contributed by atoms with Gasteiger partial charge >= 0.3 is 0 Å². The van der Waals surface area contributed by atoms with Crippen LogP contribution < -0.4 is 14.4 Å². The molecule has 1 atom stereocenters. The number of carbonyl (C=O) groups is 1. The molecular formula is C26H31N5O3. The van der Waals surface area contributed by atoms with Gasteiger partial charge in [-0.15, -0.1) is 0 Å². The molecule has 0 spiro atoms. The van der Waals surface area contributed by atoms with Gasteiger partial charge in [-0.1, -0.05) is 6.07 Å². The zero-order valence-electron chi connectivity index (χ0n) is 20.4. The number of methoxy groups -OCH3 is 2. The van der Waals surface area contributed by atoms with Crippen molar-refractivity contribution in [3.8, 4) is 22.6 Å². The highest BCUT2D eigenvalue weighted by Crippen LogP contribution is 2.38. The predicted octanol–water partition coefficient (Wildman–Crippen LogP) is 3.84. The molecule has 3 heterocycles. The minimum Gasteiger partial charge on any atom is -0.493 e. The molecule has 0 radical (unpaired) electrons. The van der Waals surface area contributed by atoms with E-state index in [9.17, 15) is 4.79 Å². The number of aromatic nitrogens is 3. The Labute approximate surface area is 200 Å². The predicted molar refractivity (Wildman–Crippen MR) is 131 cm³/mol. The summed E-state index contributed by atoms with van der Waals surface area (Å²) in [4.78, 5) is 31.0. The van der Waals surface area contributed by atoms with Crippen molar-refractivity contribution in [3.05, 3.63) is 59.7 Å². The zero-order chi connectivity index (χ0) is 24.2. The molecule has 1 amide bonds. The fourth-order valence-corrected chi connectivity index (χ4v) is 4.45. The van der Waals surface area contributed by atoms with Crippen molar-refractivity contribution in [3.63, 3.8) is 0 Å². The number of carbonyl (C=O) groups excluding carboxylic acids is 1. The summed E-state index contributed by atoms with van der Waals surface area (Å²) in [6.07, 6.45) is 7.56. The Morgan fingerprint density at radius 1 is 1.12 bits per heavy atom. The van der Waals surface area contributed by atoms with Gasteiger partial charge in [-0.2, -0.15) is 0 Å². The number of hydrogen-bond donors (Lipinski definition) is 0. The van der Waals surface area contributed by atoms with E-state index in [4.69, 9.17) is 14.5 Å². The van der Waals surface area contributed by atoms with Crippen LogP contribution in [0.4, 0.5) is 5.95 Å². The topological polar surface area (TPSA) is 80.7 Å². The van der Waals surface area contributed by atoms with Gasteiger partial charge in [0.15, 0.2) is 11.5 Å². The van der Waals surface area contributed by atoms with Crippen LogP contribution in [0.5, 0.6) is 11.5 Å². The van der Waals surface area contributed by atoms with Crippen molar-refractivity contribution in [2.45, 2.75) is 32.2 Å². The highest BCUT2D eigenvalue weighted by molar-refractivity contribution is 5.80. The van der Waals surface area contributed by atoms with Crippen LogP contribution in [-0.4, -0.2) is 60.6 Å². The summed E-state index contributed by atoms with van der Waals surface area (Å²) in [6, 6.07) is 7.48. The van der Waals surface area contributed by atoms with Crippen molar-refractivity contribution < 1.29 is 14.3 Å². The van der Waals surface area contributed by atoms with Crippen molar-refractivity contribution in [2.75, 3.05) is 39.8 Å². The maximum atomic E-state index is 13.5. The molecule has 8 heteroatoms. The number of ether oxygens (including phenoxy) is 2. The Bertz CT molecular complexity index is 1180. The van der Waals surface area contributed by atoms with Crippen LogP contribution in [0.3, 0.4) is 0 Å². The molecule has 1 saturated heterocycles. The van der Waals surface area contributed by atoms with Gasteiger partial charge in [-0.05, 0) is 54.7 Å². The van der Waals surface area contributed by atoms with Gasteiger partial charge in [-0.25, -0.2) is 9.97 Å². The Morgan fingerprint density at radius 2 is 1.91 bits per heavy atom. The highest BCUT2D eigenvalue weighted by atomic mass is 16.5. The van der Waals surface area contributed by atoms with Gasteiger partial charge < -0.3 is 19.3 Å². The smallest absolute Gasteiger partial charge is 0.227 e. The van der Waals surface area contributed by atoms with Gasteiger partial charge in [0.2, 0.25) is 11.9 Å². The number of aryl methyl sites for hydroxylation is 1. The lowest BCUT2D eigenvalue weighted by Gasteiger charge is -2.27. The fourth-order valence-electron chi connectivity index (χ4n) is 4.45. The summed E-state index contributed by atoms with van der Waals surface area (Å²) in [5.41, 5.74) is 4.79. The molecule has 178 valence electrons. The summed E-state index contributed by atoms with van der Waals surface area (Å²) in [7, 11) is 7.04. The first-order valence-corrected chi connectivity index (χ1v) is 11.4. The second kappa shape index (κ2) is 10.1. The van der Waals surface area contributed by atoms with E-state index in [1.807, 2.05) is 67.5 Å². The standard InChI is InChI=1S/C26H31N5O3/c1-17-15-27-11-10-19(17)20-16-28-26(30(2)3)29-25(20)21-7-6-12-31(21)24(32)14-18-8-9-22(33-4)23(13-18)34-5/h8-11,13,15-16,21H,6-7,12,14H2,1-5H3/t21-/m0/s1. The van der Waals surface area contributed by atoms with Crippen LogP contribution in [-0.2, 0) is 11.2 Å². The van der Waals surface area contributed by atoms with Crippen molar-refractivity contribution in [1.82, 2.24) is 19.9 Å². The summed E-state index contributed by atoms with van der Waals surface area (Å²) < 4.78 is 10.7. The first-order chi connectivity index (χ1) is 16.4. The highest BCUT2D eigenvalue weighted by Gasteiger charge is 2.33. The van der Waals surface area contributed by atoms with Crippen molar-refractivity contribution in [1.29, 1.82) is 0 Å². The fraction of sp³-hybridized carbons (Fsp3) is 0.385. The number of nitrogens with zero attached hydrogens (tertiary/aromatic N) is 5. The molecule has 0 N–H and O–H groups in total. The Hall–Kier alpha value is -3.68. The quantitative estimate of drug-likeness (QED) is 0.529. The summed E-state index contributed by atoms with van der Waals surface area (Å²) in [6.45, 7) is 2.73. The molecule has 0 aliphatic carbocycles. The number of hydrogen-bond acceptors (Lipinski definition) is 7. The van der Waals surface area contributed by atoms with Gasteiger partial charge in [0.1, 0.15) is 0 Å². The van der Waals surface area contributed by atoms with Crippen LogP contribution in [0.15, 0.2) is 42.9 Å². The van der Waals surface area contributed by atoms with Crippen LogP contribution in [0, 0.1) is 6.92 Å². The number of likely N-dealkylation sites (tertiary alicyclic amines) is 1. The van der Waals surface area contributed by atoms with Crippen LogP contribution in [0.2, 0.25) is 0 Å². The Morgan fingerprint density at radius 3 is 2.62 bits per heavy atom. The molecule has 1 fully saturated rings. The SMILES string of the molecule is COc1ccc(CC(=O)N2CCC[C@H]2c2nc(N(C)C)ncc2-c2ccncc2C)cc1OC. The molecule has 1 aromatic carbocycles. The molecule has 0 bridgehead atoms. The van der Waals surface area contributed by atoms with E-state index in [1.165, 1.54) is 0 Å². The van der Waals surface area contributed by atoms with E-state index in [1.54, 1.807) is 20.4 Å². The van der Waals surface area contributed by atoms with E-state index < -0.39 is 0 Å². The molecule has 34 heavy (non-hydrogen) atoms. The van der Waals surface area contributed by atoms with Crippen LogP contribution >= 0.6 is 0 Å². The number of rotatable bonds is 7. The van der Waals surface area contributed by atoms with Gasteiger partial charge in [0.05, 0.1) is 32.4 Å². The number of pyridine rings is 1. The third kappa shape index (κ3) is 4.66. The monoisotopic (exact) mass is 461 g/mol. The lowest BCUT2D eigenvalue weighted by Crippen LogP contribution is -2.33. The largest absolute Gasteiger partial charge is 0.493 e. The summed E-state index contributed by atoms with van der Waals surface area (Å²) in [5, 5.41) is 0. The van der Waals surface area contributed by atoms with Crippen molar-refractivity contribution in [2.24, 2.45) is 0 Å². The molecule has 0 saturated carbocycles. The summed E-state index contributed by atoms with van der Waals surface area (Å²) >= 11 is 0. The Kier molecular flexibility index (Phi) is 6.95. The minimum atomic E-state index is -0.114. The normalized spacial score (nSPS) is 15.3. The molecule has 0 unspecified atom stereocenters. The maximum absolute atomic E-state index is 13.5. The molecule has 4 rings (SSSR count). The molecule has 1 aliphatic heterocycles. The second-order valence-corrected chi connectivity index (χ2v) is 8.67. The van der Waals surface area contributed by atoms with E-state index in [0.29, 0.717) is 24.0 Å². The lowest BCUT2D eigenvalue weighted by molar-refractivity contribution is -0.131. The maximum Gasteiger partial charge on any atom is 0.227 e. The summed E-state index contributed by atoms with van der Waals surface area (Å²) in [5.74, 6) is 1.96. The number of benzene rings is 1. The first-order valence-electron chi connectivity index (χ1n) is 11.4. The van der Waals surface area contributed by atoms with E-state index in [-0.39, 0.29) is 18.4 Å². The van der Waals surface area contributed by atoms with Gasteiger partial charge in [0.25, 0.3) is 0 Å². The average molecular weight is 462 g/mol. The lowest BCUT2D eigenvalue weighted by atomic mass is 9.97. The third-order valence-electron chi connectivity index (χ3n) is 6.21. The molecular weight excluding hydrogens is 430 g/mol. The third-order valence-corrected chi connectivity index (χ3v) is 6.21. The molecule has 1 aliphatic rings. The average Bonchev–Trinajstić information content (AvgIpc) is 3.34. The number of anilines is 1. The zero-order valence-corrected chi connectivity index (χ0v) is 20.4. The first kappa shape index (κ1) is 23.5. The van der Waals surface area contributed by atoms with Gasteiger partial charge in [-0.3, -0.25) is 9.78 Å². The Balaban J connectivity index is 1.68. The van der Waals surface area contributed by atoms with Crippen LogP contribution in [0.1, 0.15) is 35.7 Å². The number of amides is 1. The van der Waals surface area contributed by atoms with Crippen LogP contribution in [0.25, 0.3) is 11.1 Å². The van der Waals surface area contributed by atoms with Gasteiger partial charge in [0, 0.05) is 44.8 Å².